The second-order valence-electron chi connectivity index (χ2n) is 15.7. The predicted molar refractivity (Wildman–Crippen MR) is 203 cm³/mol. The molecule has 7 rings (SSSR count). The molecule has 7 aromatic rings. The van der Waals surface area contributed by atoms with E-state index in [1.807, 2.05) is 70.0 Å². The van der Waals surface area contributed by atoms with Gasteiger partial charge in [0, 0.05) is 46.9 Å². The summed E-state index contributed by atoms with van der Waals surface area (Å²) in [6.45, 7) is 13.8. The summed E-state index contributed by atoms with van der Waals surface area (Å²) in [5, 5.41) is 6.96. The molecule has 0 bridgehead atoms. The Kier molecular flexibility index (Phi) is 8.81. The number of nitrogens with zero attached hydrogens (tertiary/aromatic N) is 4. The third-order valence-electron chi connectivity index (χ3n) is 9.30. The van der Waals surface area contributed by atoms with Crippen molar-refractivity contribution in [3.8, 4) is 34.1 Å². The molecule has 5 nitrogen and oxygen atoms in total. The van der Waals surface area contributed by atoms with E-state index in [0.29, 0.717) is 17.3 Å². The quantitative estimate of drug-likeness (QED) is 0.154. The molecule has 3 heterocycles. The number of pyridine rings is 1. The zero-order valence-electron chi connectivity index (χ0n) is 29.9. The molecule has 0 spiro atoms. The summed E-state index contributed by atoms with van der Waals surface area (Å²) in [5.41, 5.74) is 8.47. The SMILES string of the molecule is CC(C)(C)CCc1cccc(CCC(C)(C)C)c1-c1cnn(-c2cccc(Oc3ccc4c5ccccc5n(-c5cc(F)ccn5)c4c3)c2)c1. The molecule has 0 radical (unpaired) electrons. The minimum atomic E-state index is -0.332. The molecule has 0 aliphatic rings. The summed E-state index contributed by atoms with van der Waals surface area (Å²) in [4.78, 5) is 4.49. The van der Waals surface area contributed by atoms with Crippen LogP contribution >= 0.6 is 0 Å². The average molecular weight is 665 g/mol. The summed E-state index contributed by atoms with van der Waals surface area (Å²) >= 11 is 0. The first-order chi connectivity index (χ1) is 23.9. The fourth-order valence-electron chi connectivity index (χ4n) is 6.66. The van der Waals surface area contributed by atoms with Crippen molar-refractivity contribution in [2.75, 3.05) is 0 Å². The Morgan fingerprint density at radius 1 is 0.680 bits per heavy atom. The van der Waals surface area contributed by atoms with Gasteiger partial charge in [-0.2, -0.15) is 5.10 Å². The summed E-state index contributed by atoms with van der Waals surface area (Å²) in [5.74, 6) is 1.56. The van der Waals surface area contributed by atoms with Crippen molar-refractivity contribution in [2.45, 2.75) is 67.2 Å². The van der Waals surface area contributed by atoms with E-state index in [1.165, 1.54) is 35.0 Å². The van der Waals surface area contributed by atoms with Crippen molar-refractivity contribution in [1.29, 1.82) is 0 Å². The fraction of sp³-hybridized carbons (Fsp3) is 0.273. The number of fused-ring (bicyclic) bond motifs is 3. The second-order valence-corrected chi connectivity index (χ2v) is 15.7. The van der Waals surface area contributed by atoms with Crippen molar-refractivity contribution in [2.24, 2.45) is 10.8 Å². The molecule has 0 unspecified atom stereocenters. The summed E-state index contributed by atoms with van der Waals surface area (Å²) < 4.78 is 24.7. The van der Waals surface area contributed by atoms with Crippen LogP contribution in [0, 0.1) is 16.6 Å². The first kappa shape index (κ1) is 33.3. The standard InChI is InChI=1S/C44H45FN4O/c1-43(2,3)22-19-30-11-9-12-31(20-23-44(4,5)6)42(30)32-28-47-48(29-32)34-13-10-14-35(26-34)50-36-17-18-38-37-15-7-8-16-39(37)49(40(38)27-36)41-25-33(45)21-24-46-41/h7-18,21,24-29H,19-20,22-23H2,1-6H3. The van der Waals surface area contributed by atoms with Crippen molar-refractivity contribution >= 4 is 21.8 Å². The second kappa shape index (κ2) is 13.2. The van der Waals surface area contributed by atoms with E-state index in [1.54, 1.807) is 0 Å². The van der Waals surface area contributed by atoms with Gasteiger partial charge in [0.1, 0.15) is 23.1 Å². The highest BCUT2D eigenvalue weighted by atomic mass is 19.1. The predicted octanol–water partition coefficient (Wildman–Crippen LogP) is 11.9. The van der Waals surface area contributed by atoms with Gasteiger partial charge in [-0.25, -0.2) is 14.1 Å². The van der Waals surface area contributed by atoms with E-state index in [0.717, 1.165) is 58.7 Å². The highest BCUT2D eigenvalue weighted by Gasteiger charge is 2.19. The summed E-state index contributed by atoms with van der Waals surface area (Å²) in [6, 6.07) is 31.7. The van der Waals surface area contributed by atoms with E-state index in [9.17, 15) is 4.39 Å². The van der Waals surface area contributed by atoms with E-state index >= 15 is 0 Å². The van der Waals surface area contributed by atoms with Gasteiger partial charge in [-0.05, 0) is 89.6 Å². The van der Waals surface area contributed by atoms with Crippen molar-refractivity contribution < 1.29 is 9.13 Å². The summed E-state index contributed by atoms with van der Waals surface area (Å²) in [6.07, 6.45) is 9.91. The smallest absolute Gasteiger partial charge is 0.140 e. The number of hydrogen-bond acceptors (Lipinski definition) is 3. The van der Waals surface area contributed by atoms with Crippen LogP contribution in [0.25, 0.3) is 44.4 Å². The van der Waals surface area contributed by atoms with E-state index in [4.69, 9.17) is 9.84 Å². The Labute approximate surface area is 294 Å². The Morgan fingerprint density at radius 3 is 2.08 bits per heavy atom. The molecule has 0 amide bonds. The first-order valence-electron chi connectivity index (χ1n) is 17.5. The lowest BCUT2D eigenvalue weighted by atomic mass is 9.83. The Balaban J connectivity index is 1.21. The van der Waals surface area contributed by atoms with Gasteiger partial charge < -0.3 is 4.74 Å². The van der Waals surface area contributed by atoms with Gasteiger partial charge >= 0.3 is 0 Å². The van der Waals surface area contributed by atoms with Crippen LogP contribution in [0.5, 0.6) is 11.5 Å². The molecule has 3 aromatic heterocycles. The Morgan fingerprint density at radius 2 is 1.36 bits per heavy atom. The molecule has 6 heteroatoms. The van der Waals surface area contributed by atoms with Gasteiger partial charge in [0.25, 0.3) is 0 Å². The molecule has 254 valence electrons. The maximum atomic E-state index is 14.3. The molecule has 4 aromatic carbocycles. The molecular formula is C44H45FN4O. The molecule has 0 atom stereocenters. The molecular weight excluding hydrogens is 620 g/mol. The summed E-state index contributed by atoms with van der Waals surface area (Å²) in [7, 11) is 0. The van der Waals surface area contributed by atoms with Crippen LogP contribution in [0.4, 0.5) is 4.39 Å². The molecule has 0 saturated carbocycles. The van der Waals surface area contributed by atoms with Crippen LogP contribution in [-0.4, -0.2) is 19.3 Å². The molecule has 0 aliphatic heterocycles. The maximum absolute atomic E-state index is 14.3. The van der Waals surface area contributed by atoms with Gasteiger partial charge in [-0.15, -0.1) is 0 Å². The lowest BCUT2D eigenvalue weighted by Gasteiger charge is -2.22. The Bertz CT molecular complexity index is 2260. The van der Waals surface area contributed by atoms with Gasteiger partial charge in [-0.3, -0.25) is 4.57 Å². The fourth-order valence-corrected chi connectivity index (χ4v) is 6.66. The van der Waals surface area contributed by atoms with Gasteiger partial charge in [0.15, 0.2) is 0 Å². The highest BCUT2D eigenvalue weighted by molar-refractivity contribution is 6.09. The largest absolute Gasteiger partial charge is 0.457 e. The van der Waals surface area contributed by atoms with Gasteiger partial charge in [0.05, 0.1) is 22.9 Å². The van der Waals surface area contributed by atoms with E-state index in [-0.39, 0.29) is 16.6 Å². The number of rotatable bonds is 9. The number of aryl methyl sites for hydroxylation is 2. The normalized spacial score (nSPS) is 12.2. The zero-order chi connectivity index (χ0) is 35.0. The van der Waals surface area contributed by atoms with E-state index < -0.39 is 0 Å². The van der Waals surface area contributed by atoms with Crippen LogP contribution in [-0.2, 0) is 12.8 Å². The third kappa shape index (κ3) is 7.20. The number of para-hydroxylation sites is 1. The number of benzene rings is 4. The number of aromatic nitrogens is 4. The monoisotopic (exact) mass is 664 g/mol. The highest BCUT2D eigenvalue weighted by Crippen LogP contribution is 2.37. The van der Waals surface area contributed by atoms with Crippen LogP contribution in [0.3, 0.4) is 0 Å². The van der Waals surface area contributed by atoms with Crippen molar-refractivity contribution in [1.82, 2.24) is 19.3 Å². The third-order valence-corrected chi connectivity index (χ3v) is 9.30. The van der Waals surface area contributed by atoms with Crippen LogP contribution in [0.15, 0.2) is 116 Å². The molecule has 0 aliphatic carbocycles. The molecule has 0 saturated heterocycles. The van der Waals surface area contributed by atoms with Crippen LogP contribution < -0.4 is 4.74 Å². The lowest BCUT2D eigenvalue weighted by molar-refractivity contribution is 0.376. The van der Waals surface area contributed by atoms with Crippen molar-refractivity contribution in [3.05, 3.63) is 133 Å². The lowest BCUT2D eigenvalue weighted by Crippen LogP contribution is -2.09. The first-order valence-corrected chi connectivity index (χ1v) is 17.5. The number of halogens is 1. The van der Waals surface area contributed by atoms with Crippen LogP contribution in [0.1, 0.15) is 65.5 Å². The average Bonchev–Trinajstić information content (AvgIpc) is 3.69. The minimum Gasteiger partial charge on any atom is -0.457 e. The molecule has 50 heavy (non-hydrogen) atoms. The minimum absolute atomic E-state index is 0.251. The molecule has 0 fully saturated rings. The Hall–Kier alpha value is -5.23. The number of hydrogen-bond donors (Lipinski definition) is 0. The molecule has 0 N–H and O–H groups in total. The maximum Gasteiger partial charge on any atom is 0.140 e. The topological polar surface area (TPSA) is 44.9 Å². The van der Waals surface area contributed by atoms with Crippen LogP contribution in [0.2, 0.25) is 0 Å². The van der Waals surface area contributed by atoms with E-state index in [2.05, 4.69) is 83.1 Å². The van der Waals surface area contributed by atoms with Gasteiger partial charge in [0.2, 0.25) is 0 Å². The van der Waals surface area contributed by atoms with Gasteiger partial charge in [-0.1, -0.05) is 84.0 Å². The van der Waals surface area contributed by atoms with Crippen molar-refractivity contribution in [3.63, 3.8) is 0 Å². The number of ether oxygens (including phenoxy) is 1. The zero-order valence-corrected chi connectivity index (χ0v) is 29.9.